The Morgan fingerprint density at radius 1 is 1.33 bits per heavy atom. The third-order valence-electron chi connectivity index (χ3n) is 5.04. The van der Waals surface area contributed by atoms with E-state index < -0.39 is 0 Å². The van der Waals surface area contributed by atoms with Crippen LogP contribution in [-0.2, 0) is 18.3 Å². The van der Waals surface area contributed by atoms with E-state index in [-0.39, 0.29) is 12.0 Å². The first kappa shape index (κ1) is 15.9. The first-order valence-corrected chi connectivity index (χ1v) is 9.40. The van der Waals surface area contributed by atoms with Crippen LogP contribution in [0.25, 0.3) is 0 Å². The number of rotatable bonds is 3. The number of hydrogen-bond donors (Lipinski definition) is 0. The monoisotopic (exact) mass is 345 g/mol. The zero-order valence-electron chi connectivity index (χ0n) is 13.9. The zero-order chi connectivity index (χ0) is 16.5. The van der Waals surface area contributed by atoms with Crippen molar-refractivity contribution in [3.63, 3.8) is 0 Å². The minimum atomic E-state index is 0.114. The Balaban J connectivity index is 1.43. The van der Waals surface area contributed by atoms with Crippen molar-refractivity contribution in [3.05, 3.63) is 46.4 Å². The molecule has 0 spiro atoms. The standard InChI is InChI=1S/C18H23N3O2S/c1-19-5-2-3-16(19)18(22)21-6-7-23-17-12-20(10-15(17)11-21)9-14-4-8-24-13-14/h2-5,8,13,15,17H,6-7,9-12H2,1H3/t15-,17-/m0/s1. The van der Waals surface area contributed by atoms with Gasteiger partial charge in [-0.2, -0.15) is 11.3 Å². The molecule has 0 aliphatic carbocycles. The summed E-state index contributed by atoms with van der Waals surface area (Å²) in [6.45, 7) is 5.04. The third kappa shape index (κ3) is 3.14. The summed E-state index contributed by atoms with van der Waals surface area (Å²) in [6, 6.07) is 6.00. The molecule has 0 N–H and O–H groups in total. The maximum Gasteiger partial charge on any atom is 0.270 e. The van der Waals surface area contributed by atoms with Crippen LogP contribution in [0.4, 0.5) is 0 Å². The van der Waals surface area contributed by atoms with Crippen molar-refractivity contribution in [3.8, 4) is 0 Å². The fourth-order valence-corrected chi connectivity index (χ4v) is 4.44. The first-order valence-electron chi connectivity index (χ1n) is 8.46. The molecule has 2 atom stereocenters. The normalized spacial score (nSPS) is 24.8. The molecule has 24 heavy (non-hydrogen) atoms. The Hall–Kier alpha value is -1.63. The van der Waals surface area contributed by atoms with Crippen molar-refractivity contribution in [2.75, 3.05) is 32.8 Å². The van der Waals surface area contributed by atoms with E-state index >= 15 is 0 Å². The van der Waals surface area contributed by atoms with Gasteiger partial charge in [0.2, 0.25) is 0 Å². The second-order valence-corrected chi connectivity index (χ2v) is 7.53. The molecule has 4 heterocycles. The van der Waals surface area contributed by atoms with E-state index in [1.54, 1.807) is 11.3 Å². The molecule has 0 saturated carbocycles. The molecule has 5 nitrogen and oxygen atoms in total. The molecule has 0 unspecified atom stereocenters. The van der Waals surface area contributed by atoms with Crippen LogP contribution >= 0.6 is 11.3 Å². The third-order valence-corrected chi connectivity index (χ3v) is 5.77. The van der Waals surface area contributed by atoms with E-state index in [0.29, 0.717) is 19.1 Å². The zero-order valence-corrected chi connectivity index (χ0v) is 14.7. The van der Waals surface area contributed by atoms with Crippen molar-refractivity contribution in [2.24, 2.45) is 13.0 Å². The second kappa shape index (κ2) is 6.70. The van der Waals surface area contributed by atoms with E-state index in [0.717, 1.165) is 31.9 Å². The first-order chi connectivity index (χ1) is 11.7. The van der Waals surface area contributed by atoms with Crippen molar-refractivity contribution >= 4 is 17.2 Å². The quantitative estimate of drug-likeness (QED) is 0.855. The maximum atomic E-state index is 12.8. The van der Waals surface area contributed by atoms with Crippen molar-refractivity contribution < 1.29 is 9.53 Å². The van der Waals surface area contributed by atoms with E-state index in [1.807, 2.05) is 34.8 Å². The molecule has 2 aliphatic rings. The lowest BCUT2D eigenvalue weighted by Crippen LogP contribution is -2.38. The molecule has 2 saturated heterocycles. The highest BCUT2D eigenvalue weighted by Gasteiger charge is 2.37. The number of thiophene rings is 1. The van der Waals surface area contributed by atoms with Crippen molar-refractivity contribution in [1.29, 1.82) is 0 Å². The summed E-state index contributed by atoms with van der Waals surface area (Å²) < 4.78 is 7.96. The average molecular weight is 345 g/mol. The number of carbonyl (C=O) groups excluding carboxylic acids is 1. The smallest absolute Gasteiger partial charge is 0.270 e. The Bertz CT molecular complexity index is 697. The van der Waals surface area contributed by atoms with Crippen LogP contribution in [0.5, 0.6) is 0 Å². The molecule has 2 aromatic rings. The maximum absolute atomic E-state index is 12.8. The number of nitrogens with zero attached hydrogens (tertiary/aromatic N) is 3. The van der Waals surface area contributed by atoms with E-state index in [2.05, 4.69) is 21.7 Å². The van der Waals surface area contributed by atoms with Gasteiger partial charge in [-0.1, -0.05) is 0 Å². The van der Waals surface area contributed by atoms with Gasteiger partial charge in [0, 0.05) is 51.9 Å². The molecule has 0 bridgehead atoms. The van der Waals surface area contributed by atoms with Gasteiger partial charge in [0.1, 0.15) is 5.69 Å². The van der Waals surface area contributed by atoms with Gasteiger partial charge in [-0.05, 0) is 34.5 Å². The fourth-order valence-electron chi connectivity index (χ4n) is 3.78. The molecule has 128 valence electrons. The summed E-state index contributed by atoms with van der Waals surface area (Å²) in [5.41, 5.74) is 2.12. The van der Waals surface area contributed by atoms with Crippen LogP contribution in [0.15, 0.2) is 35.2 Å². The van der Waals surface area contributed by atoms with Crippen molar-refractivity contribution in [2.45, 2.75) is 12.6 Å². The van der Waals surface area contributed by atoms with Crippen LogP contribution in [0.2, 0.25) is 0 Å². The number of aromatic nitrogens is 1. The fraction of sp³-hybridized carbons (Fsp3) is 0.500. The average Bonchev–Trinajstić information content (AvgIpc) is 3.27. The summed E-state index contributed by atoms with van der Waals surface area (Å²) in [7, 11) is 1.92. The number of amides is 1. The van der Waals surface area contributed by atoms with Gasteiger partial charge in [0.25, 0.3) is 5.91 Å². The summed E-state index contributed by atoms with van der Waals surface area (Å²) in [5, 5.41) is 4.33. The predicted octanol–water partition coefficient (Wildman–Crippen LogP) is 2.06. The lowest BCUT2D eigenvalue weighted by molar-refractivity contribution is 0.0500. The Morgan fingerprint density at radius 3 is 3.00 bits per heavy atom. The van der Waals surface area contributed by atoms with Crippen LogP contribution in [0, 0.1) is 5.92 Å². The van der Waals surface area contributed by atoms with Gasteiger partial charge in [0.15, 0.2) is 0 Å². The van der Waals surface area contributed by atoms with Gasteiger partial charge in [-0.15, -0.1) is 0 Å². The molecule has 2 fully saturated rings. The SMILES string of the molecule is Cn1cccc1C(=O)N1CCO[C@H]2CN(Cc3ccsc3)C[C@H]2C1. The molecule has 0 radical (unpaired) electrons. The molecule has 0 aromatic carbocycles. The molecular weight excluding hydrogens is 322 g/mol. The van der Waals surface area contributed by atoms with Gasteiger partial charge >= 0.3 is 0 Å². The predicted molar refractivity (Wildman–Crippen MR) is 94.1 cm³/mol. The molecule has 6 heteroatoms. The van der Waals surface area contributed by atoms with E-state index in [1.165, 1.54) is 5.56 Å². The number of fused-ring (bicyclic) bond motifs is 1. The highest BCUT2D eigenvalue weighted by Crippen LogP contribution is 2.26. The Labute approximate surface area is 146 Å². The highest BCUT2D eigenvalue weighted by atomic mass is 32.1. The molecule has 1 amide bonds. The molecule has 2 aromatic heterocycles. The lowest BCUT2D eigenvalue weighted by atomic mass is 10.1. The molecule has 4 rings (SSSR count). The highest BCUT2D eigenvalue weighted by molar-refractivity contribution is 7.07. The molecule has 2 aliphatic heterocycles. The van der Waals surface area contributed by atoms with Crippen LogP contribution < -0.4 is 0 Å². The largest absolute Gasteiger partial charge is 0.375 e. The minimum Gasteiger partial charge on any atom is -0.375 e. The van der Waals surface area contributed by atoms with Gasteiger partial charge < -0.3 is 14.2 Å². The van der Waals surface area contributed by atoms with Gasteiger partial charge in [-0.25, -0.2) is 0 Å². The van der Waals surface area contributed by atoms with E-state index in [9.17, 15) is 4.79 Å². The van der Waals surface area contributed by atoms with Crippen LogP contribution in [-0.4, -0.2) is 59.2 Å². The summed E-state index contributed by atoms with van der Waals surface area (Å²) in [5.74, 6) is 0.512. The summed E-state index contributed by atoms with van der Waals surface area (Å²) >= 11 is 1.74. The number of ether oxygens (including phenoxy) is 1. The van der Waals surface area contributed by atoms with Crippen LogP contribution in [0.3, 0.4) is 0 Å². The number of carbonyl (C=O) groups is 1. The van der Waals surface area contributed by atoms with Crippen molar-refractivity contribution in [1.82, 2.24) is 14.4 Å². The Kier molecular flexibility index (Phi) is 4.43. The minimum absolute atomic E-state index is 0.114. The Morgan fingerprint density at radius 2 is 2.25 bits per heavy atom. The van der Waals surface area contributed by atoms with Gasteiger partial charge in [-0.3, -0.25) is 9.69 Å². The molecular formula is C18H23N3O2S. The second-order valence-electron chi connectivity index (χ2n) is 6.75. The number of aryl methyl sites for hydroxylation is 1. The van der Waals surface area contributed by atoms with Crippen LogP contribution in [0.1, 0.15) is 16.1 Å². The summed E-state index contributed by atoms with van der Waals surface area (Å²) in [6.07, 6.45) is 2.16. The number of likely N-dealkylation sites (tertiary alicyclic amines) is 1. The summed E-state index contributed by atoms with van der Waals surface area (Å²) in [4.78, 5) is 17.2. The van der Waals surface area contributed by atoms with Gasteiger partial charge in [0.05, 0.1) is 12.7 Å². The topological polar surface area (TPSA) is 37.7 Å². The van der Waals surface area contributed by atoms with E-state index in [4.69, 9.17) is 4.74 Å². The number of hydrogen-bond acceptors (Lipinski definition) is 4. The lowest BCUT2D eigenvalue weighted by Gasteiger charge is -2.24.